The molecule has 130 valence electrons. The third kappa shape index (κ3) is 3.13. The van der Waals surface area contributed by atoms with Gasteiger partial charge in [0, 0.05) is 18.3 Å². The van der Waals surface area contributed by atoms with Gasteiger partial charge >= 0.3 is 0 Å². The van der Waals surface area contributed by atoms with Gasteiger partial charge in [-0.3, -0.25) is 4.79 Å². The minimum Gasteiger partial charge on any atom is -0.326 e. The Labute approximate surface area is 150 Å². The quantitative estimate of drug-likeness (QED) is 0.779. The molecule has 4 rings (SSSR count). The highest BCUT2D eigenvalue weighted by Crippen LogP contribution is 2.32. The van der Waals surface area contributed by atoms with Crippen molar-refractivity contribution in [1.29, 1.82) is 0 Å². The van der Waals surface area contributed by atoms with E-state index in [1.54, 1.807) is 18.2 Å². The van der Waals surface area contributed by atoms with Crippen molar-refractivity contribution in [3.63, 3.8) is 0 Å². The van der Waals surface area contributed by atoms with E-state index in [4.69, 9.17) is 0 Å². The molecule has 0 fully saturated rings. The summed E-state index contributed by atoms with van der Waals surface area (Å²) >= 11 is 0. The fourth-order valence-corrected chi connectivity index (χ4v) is 3.14. The first-order valence-corrected chi connectivity index (χ1v) is 8.46. The van der Waals surface area contributed by atoms with Crippen LogP contribution in [-0.4, -0.2) is 22.4 Å². The Balaban J connectivity index is 1.62. The summed E-state index contributed by atoms with van der Waals surface area (Å²) < 4.78 is 13.7. The number of para-hydroxylation sites is 2. The number of anilines is 3. The maximum absolute atomic E-state index is 13.7. The van der Waals surface area contributed by atoms with Crippen molar-refractivity contribution in [2.75, 3.05) is 16.8 Å². The van der Waals surface area contributed by atoms with E-state index in [0.29, 0.717) is 5.82 Å². The summed E-state index contributed by atoms with van der Waals surface area (Å²) in [6.45, 7) is 0.822. The van der Waals surface area contributed by atoms with Gasteiger partial charge in [-0.15, -0.1) is 0 Å². The van der Waals surface area contributed by atoms with Gasteiger partial charge in [-0.2, -0.15) is 0 Å². The van der Waals surface area contributed by atoms with E-state index in [1.807, 2.05) is 12.1 Å². The van der Waals surface area contributed by atoms with Crippen LogP contribution in [0.15, 0.2) is 60.9 Å². The van der Waals surface area contributed by atoms with E-state index in [-0.39, 0.29) is 11.4 Å². The molecule has 1 aliphatic rings. The Morgan fingerprint density at radius 1 is 1.08 bits per heavy atom. The van der Waals surface area contributed by atoms with E-state index < -0.39 is 11.7 Å². The lowest BCUT2D eigenvalue weighted by Gasteiger charge is -2.30. The van der Waals surface area contributed by atoms with E-state index in [1.165, 1.54) is 24.0 Å². The molecule has 0 atom stereocenters. The van der Waals surface area contributed by atoms with E-state index in [0.717, 1.165) is 25.1 Å². The van der Waals surface area contributed by atoms with Crippen LogP contribution in [0.1, 0.15) is 22.5 Å². The van der Waals surface area contributed by atoms with Crippen molar-refractivity contribution in [1.82, 2.24) is 9.97 Å². The highest BCUT2D eigenvalue weighted by Gasteiger charge is 2.20. The van der Waals surface area contributed by atoms with Gasteiger partial charge in [0.05, 0.1) is 5.69 Å². The largest absolute Gasteiger partial charge is 0.326 e. The smallest absolute Gasteiger partial charge is 0.274 e. The van der Waals surface area contributed by atoms with E-state index in [2.05, 4.69) is 32.3 Å². The molecule has 1 N–H and O–H groups in total. The lowest BCUT2D eigenvalue weighted by molar-refractivity contribution is 0.102. The molecule has 0 aliphatic carbocycles. The summed E-state index contributed by atoms with van der Waals surface area (Å²) in [4.78, 5) is 22.9. The Morgan fingerprint density at radius 2 is 1.88 bits per heavy atom. The number of nitrogens with one attached hydrogen (secondary N) is 1. The van der Waals surface area contributed by atoms with Crippen LogP contribution in [0, 0.1) is 5.82 Å². The minimum atomic E-state index is -0.486. The standard InChI is InChI=1S/C20H17FN4O/c21-15-8-2-3-9-16(15)24-20(26)17-12-19(23-13-22-17)25-11-5-7-14-6-1-4-10-18(14)25/h1-4,6,8-10,12-13H,5,7,11H2,(H,24,26). The van der Waals surface area contributed by atoms with Crippen molar-refractivity contribution in [3.05, 3.63) is 78.0 Å². The topological polar surface area (TPSA) is 58.1 Å². The van der Waals surface area contributed by atoms with Crippen LogP contribution in [0.2, 0.25) is 0 Å². The first-order chi connectivity index (χ1) is 12.7. The lowest BCUT2D eigenvalue weighted by Crippen LogP contribution is -2.26. The van der Waals surface area contributed by atoms with Crippen LogP contribution in [0.3, 0.4) is 0 Å². The molecule has 0 unspecified atom stereocenters. The predicted octanol–water partition coefficient (Wildman–Crippen LogP) is 3.95. The molecular formula is C20H17FN4O. The molecular weight excluding hydrogens is 331 g/mol. The van der Waals surface area contributed by atoms with E-state index in [9.17, 15) is 9.18 Å². The van der Waals surface area contributed by atoms with Crippen molar-refractivity contribution in [3.8, 4) is 0 Å². The highest BCUT2D eigenvalue weighted by molar-refractivity contribution is 6.03. The van der Waals surface area contributed by atoms with Crippen LogP contribution in [-0.2, 0) is 6.42 Å². The zero-order valence-electron chi connectivity index (χ0n) is 14.0. The summed E-state index contributed by atoms with van der Waals surface area (Å²) in [6.07, 6.45) is 3.40. The molecule has 0 saturated heterocycles. The molecule has 3 aromatic rings. The molecule has 5 nitrogen and oxygen atoms in total. The number of carbonyl (C=O) groups is 1. The van der Waals surface area contributed by atoms with Gasteiger partial charge in [0.25, 0.3) is 5.91 Å². The average Bonchev–Trinajstić information content (AvgIpc) is 2.69. The minimum absolute atomic E-state index is 0.126. The predicted molar refractivity (Wildman–Crippen MR) is 98.2 cm³/mol. The molecule has 0 saturated carbocycles. The number of benzene rings is 2. The van der Waals surface area contributed by atoms with Gasteiger partial charge in [0.15, 0.2) is 0 Å². The second kappa shape index (κ2) is 6.92. The number of carbonyl (C=O) groups excluding carboxylic acids is 1. The number of halogens is 1. The average molecular weight is 348 g/mol. The molecule has 0 bridgehead atoms. The SMILES string of the molecule is O=C(Nc1ccccc1F)c1cc(N2CCCc3ccccc32)ncn1. The summed E-state index contributed by atoms with van der Waals surface area (Å²) in [7, 11) is 0. The van der Waals surface area contributed by atoms with E-state index >= 15 is 0 Å². The number of hydrogen-bond acceptors (Lipinski definition) is 4. The van der Waals surface area contributed by atoms with Gasteiger partial charge in [-0.1, -0.05) is 30.3 Å². The second-order valence-corrected chi connectivity index (χ2v) is 6.08. The molecule has 2 heterocycles. The fourth-order valence-electron chi connectivity index (χ4n) is 3.14. The first-order valence-electron chi connectivity index (χ1n) is 8.46. The Morgan fingerprint density at radius 3 is 2.77 bits per heavy atom. The highest BCUT2D eigenvalue weighted by atomic mass is 19.1. The molecule has 2 aromatic carbocycles. The zero-order valence-corrected chi connectivity index (χ0v) is 14.0. The number of aromatic nitrogens is 2. The third-order valence-corrected chi connectivity index (χ3v) is 4.39. The molecule has 1 amide bonds. The van der Waals surface area contributed by atoms with Crippen LogP contribution < -0.4 is 10.2 Å². The Bertz CT molecular complexity index is 960. The molecule has 1 aliphatic heterocycles. The number of amides is 1. The van der Waals surface area contributed by atoms with Crippen molar-refractivity contribution < 1.29 is 9.18 Å². The number of nitrogens with zero attached hydrogens (tertiary/aromatic N) is 3. The van der Waals surface area contributed by atoms with Crippen molar-refractivity contribution >= 4 is 23.1 Å². The Kier molecular flexibility index (Phi) is 4.31. The summed E-state index contributed by atoms with van der Waals surface area (Å²) in [5.41, 5.74) is 2.68. The fraction of sp³-hybridized carbons (Fsp3) is 0.150. The first kappa shape index (κ1) is 16.2. The van der Waals surface area contributed by atoms with Crippen LogP contribution in [0.4, 0.5) is 21.6 Å². The molecule has 0 spiro atoms. The number of fused-ring (bicyclic) bond motifs is 1. The van der Waals surface area contributed by atoms with Crippen LogP contribution in [0.5, 0.6) is 0 Å². The molecule has 26 heavy (non-hydrogen) atoms. The van der Waals surface area contributed by atoms with Gasteiger partial charge in [0.2, 0.25) is 0 Å². The molecule has 0 radical (unpaired) electrons. The van der Waals surface area contributed by atoms with Gasteiger partial charge in [-0.25, -0.2) is 14.4 Å². The van der Waals surface area contributed by atoms with Crippen LogP contribution >= 0.6 is 0 Å². The summed E-state index contributed by atoms with van der Waals surface area (Å²) in [6, 6.07) is 15.8. The van der Waals surface area contributed by atoms with Gasteiger partial charge in [-0.05, 0) is 36.6 Å². The lowest BCUT2D eigenvalue weighted by atomic mass is 10.0. The number of hydrogen-bond donors (Lipinski definition) is 1. The normalized spacial score (nSPS) is 13.2. The second-order valence-electron chi connectivity index (χ2n) is 6.08. The molecule has 6 heteroatoms. The monoisotopic (exact) mass is 348 g/mol. The Hall–Kier alpha value is -3.28. The zero-order chi connectivity index (χ0) is 17.9. The van der Waals surface area contributed by atoms with Crippen molar-refractivity contribution in [2.45, 2.75) is 12.8 Å². The summed E-state index contributed by atoms with van der Waals surface area (Å²) in [5, 5.41) is 2.55. The van der Waals surface area contributed by atoms with Gasteiger partial charge in [0.1, 0.15) is 23.7 Å². The summed E-state index contributed by atoms with van der Waals surface area (Å²) in [5.74, 6) is -0.296. The number of rotatable bonds is 3. The maximum atomic E-state index is 13.7. The van der Waals surface area contributed by atoms with Gasteiger partial charge < -0.3 is 10.2 Å². The van der Waals surface area contributed by atoms with Crippen LogP contribution in [0.25, 0.3) is 0 Å². The van der Waals surface area contributed by atoms with Crippen molar-refractivity contribution in [2.24, 2.45) is 0 Å². The number of aryl methyl sites for hydroxylation is 1. The third-order valence-electron chi connectivity index (χ3n) is 4.39. The molecule has 1 aromatic heterocycles. The maximum Gasteiger partial charge on any atom is 0.274 e.